The smallest absolute Gasteiger partial charge is 0.179 e. The minimum absolute atomic E-state index is 0.124. The molecule has 1 aromatic heterocycles. The zero-order chi connectivity index (χ0) is 48.9. The Kier molecular flexibility index (Phi) is 8.91. The van der Waals surface area contributed by atoms with Gasteiger partial charge in [0.2, 0.25) is 0 Å². The maximum atomic E-state index is 9.00. The predicted molar refractivity (Wildman–Crippen MR) is 287 cm³/mol. The van der Waals surface area contributed by atoms with E-state index in [9.17, 15) is 0 Å². The van der Waals surface area contributed by atoms with Crippen LogP contribution in [0.15, 0.2) is 279 Å². The molecule has 1 heterocycles. The third-order valence-electron chi connectivity index (χ3n) is 13.2. The lowest BCUT2D eigenvalue weighted by molar-refractivity contribution is 1.18. The second-order valence-corrected chi connectivity index (χ2v) is 20.7. The molecule has 11 aromatic carbocycles. The van der Waals surface area contributed by atoms with Crippen LogP contribution in [-0.4, -0.2) is 12.6 Å². The Labute approximate surface area is 400 Å². The van der Waals surface area contributed by atoms with E-state index in [0.717, 1.165) is 55.6 Å². The van der Waals surface area contributed by atoms with E-state index in [1.165, 1.54) is 37.1 Å². The molecule has 0 spiro atoms. The topological polar surface area (TPSA) is 8.17 Å². The molecule has 12 aromatic rings. The quantitative estimate of drug-likeness (QED) is 0.0982. The molecule has 67 heavy (non-hydrogen) atoms. The molecule has 0 amide bonds. The van der Waals surface area contributed by atoms with Gasteiger partial charge in [0, 0.05) is 33.5 Å². The Bertz CT molecular complexity index is 3840. The number of hydrogen-bond donors (Lipinski definition) is 0. The van der Waals surface area contributed by atoms with Crippen LogP contribution < -0.4 is 25.6 Å². The van der Waals surface area contributed by atoms with Crippen LogP contribution in [-0.2, 0) is 0 Å². The molecule has 0 saturated heterocycles. The van der Waals surface area contributed by atoms with E-state index in [0.29, 0.717) is 0 Å². The molecule has 0 aliphatic rings. The summed E-state index contributed by atoms with van der Waals surface area (Å²) in [4.78, 5) is 2.33. The Morgan fingerprint density at radius 3 is 1.54 bits per heavy atom. The molecule has 12 rings (SSSR count). The number of rotatable bonds is 10. The predicted octanol–water partition coefficient (Wildman–Crippen LogP) is 14.1. The summed E-state index contributed by atoms with van der Waals surface area (Å²) in [5.41, 5.74) is 8.83. The fraction of sp³-hybridized carbons (Fsp3) is 0. The average molecular weight is 876 g/mol. The molecule has 0 aliphatic carbocycles. The number of hydrogen-bond acceptors (Lipinski definition) is 1. The summed E-state index contributed by atoms with van der Waals surface area (Å²) in [6.07, 6.45) is 0. The third kappa shape index (κ3) is 6.96. The summed E-state index contributed by atoms with van der Waals surface area (Å²) in [5.74, 6) is 0. The van der Waals surface area contributed by atoms with Gasteiger partial charge in [-0.15, -0.1) is 0 Å². The number of fused-ring (bicyclic) bond motifs is 4. The Hall–Kier alpha value is -8.50. The zero-order valence-corrected chi connectivity index (χ0v) is 37.6. The van der Waals surface area contributed by atoms with Gasteiger partial charge in [-0.1, -0.05) is 218 Å². The van der Waals surface area contributed by atoms with Gasteiger partial charge >= 0.3 is 0 Å². The van der Waals surface area contributed by atoms with Crippen LogP contribution in [0.3, 0.4) is 0 Å². The molecule has 0 saturated carbocycles. The van der Waals surface area contributed by atoms with Crippen molar-refractivity contribution in [3.8, 4) is 27.9 Å². The summed E-state index contributed by atoms with van der Waals surface area (Å²) >= 11 is 0. The molecule has 0 bridgehead atoms. The Balaban J connectivity index is 1.05. The van der Waals surface area contributed by atoms with Crippen LogP contribution in [0, 0.1) is 0 Å². The van der Waals surface area contributed by atoms with E-state index < -0.39 is 14.1 Å². The van der Waals surface area contributed by atoms with Crippen molar-refractivity contribution in [1.29, 1.82) is 0 Å². The largest absolute Gasteiger partial charge is 0.310 e. The van der Waals surface area contributed by atoms with Crippen LogP contribution in [0.5, 0.6) is 0 Å². The van der Waals surface area contributed by atoms with E-state index in [1.807, 2.05) is 41.0 Å². The van der Waals surface area contributed by atoms with Gasteiger partial charge in [-0.25, -0.2) is 0 Å². The lowest BCUT2D eigenvalue weighted by Gasteiger charge is -2.35. The van der Waals surface area contributed by atoms with E-state index in [4.69, 9.17) is 6.85 Å². The summed E-state index contributed by atoms with van der Waals surface area (Å²) in [6, 6.07) is 86.9. The van der Waals surface area contributed by atoms with Crippen LogP contribution in [0.4, 0.5) is 17.1 Å². The van der Waals surface area contributed by atoms with Crippen molar-refractivity contribution in [2.75, 3.05) is 4.90 Å². The van der Waals surface area contributed by atoms with Crippen LogP contribution in [0.2, 0.25) is 0 Å². The second kappa shape index (κ2) is 17.1. The molecule has 0 atom stereocenters. The maximum Gasteiger partial charge on any atom is 0.179 e. The number of anilines is 3. The molecule has 0 aliphatic heterocycles. The van der Waals surface area contributed by atoms with E-state index in [1.54, 1.807) is 0 Å². The molecule has 316 valence electrons. The van der Waals surface area contributed by atoms with Crippen LogP contribution >= 0.6 is 0 Å². The van der Waals surface area contributed by atoms with Gasteiger partial charge in [0.15, 0.2) is 8.07 Å². The van der Waals surface area contributed by atoms with Crippen molar-refractivity contribution < 1.29 is 6.85 Å². The molecular formula is C64H46N2Si. The average Bonchev–Trinajstić information content (AvgIpc) is 3.78. The van der Waals surface area contributed by atoms with E-state index in [2.05, 4.69) is 217 Å². The van der Waals surface area contributed by atoms with Crippen molar-refractivity contribution >= 4 is 78.5 Å². The molecule has 0 fully saturated rings. The zero-order valence-electron chi connectivity index (χ0n) is 41.6. The monoisotopic (exact) mass is 875 g/mol. The molecule has 0 unspecified atom stereocenters. The first-order valence-corrected chi connectivity index (χ1v) is 24.7. The Morgan fingerprint density at radius 1 is 0.358 bits per heavy atom. The van der Waals surface area contributed by atoms with E-state index >= 15 is 0 Å². The first-order valence-electron chi connectivity index (χ1n) is 25.2. The molecular weight excluding hydrogens is 825 g/mol. The van der Waals surface area contributed by atoms with Crippen molar-refractivity contribution in [2.45, 2.75) is 0 Å². The highest BCUT2D eigenvalue weighted by molar-refractivity contribution is 7.19. The normalized spacial score (nSPS) is 12.6. The highest BCUT2D eigenvalue weighted by Crippen LogP contribution is 2.42. The minimum atomic E-state index is -2.80. The first kappa shape index (κ1) is 34.8. The van der Waals surface area contributed by atoms with Gasteiger partial charge in [0.05, 0.1) is 17.9 Å². The minimum Gasteiger partial charge on any atom is -0.310 e. The number of aromatic nitrogens is 1. The van der Waals surface area contributed by atoms with Gasteiger partial charge in [0.1, 0.15) is 0 Å². The van der Waals surface area contributed by atoms with Gasteiger partial charge in [-0.2, -0.15) is 0 Å². The highest BCUT2D eigenvalue weighted by Gasteiger charge is 2.41. The Morgan fingerprint density at radius 2 is 0.866 bits per heavy atom. The maximum absolute atomic E-state index is 9.00. The second-order valence-electron chi connectivity index (χ2n) is 16.9. The van der Waals surface area contributed by atoms with Gasteiger partial charge < -0.3 is 9.47 Å². The van der Waals surface area contributed by atoms with Crippen LogP contribution in [0.1, 0.15) is 6.85 Å². The van der Waals surface area contributed by atoms with Crippen molar-refractivity contribution in [2.24, 2.45) is 0 Å². The van der Waals surface area contributed by atoms with Gasteiger partial charge in [0.25, 0.3) is 0 Å². The van der Waals surface area contributed by atoms with Gasteiger partial charge in [-0.3, -0.25) is 0 Å². The third-order valence-corrected chi connectivity index (χ3v) is 18.0. The van der Waals surface area contributed by atoms with Crippen molar-refractivity contribution in [1.82, 2.24) is 4.57 Å². The molecule has 3 heteroatoms. The van der Waals surface area contributed by atoms with Gasteiger partial charge in [-0.05, 0) is 114 Å². The summed E-state index contributed by atoms with van der Waals surface area (Å²) in [7, 11) is -2.80. The summed E-state index contributed by atoms with van der Waals surface area (Å²) < 4.78 is 45.3. The first-order chi connectivity index (χ1) is 35.3. The standard InChI is InChI=1S/C64H46N2Si/c1-5-23-50(24-6-1)66-62-36-16-15-33-61(62)64-60(35-19-37-63(64)66)49-22-17-25-53(46-49)65(51-40-38-48(39-41-51)59-34-18-21-47-20-13-14-32-58(47)59)52-42-44-57(45-43-52)67(54-26-7-2-8-27-54,55-28-9-3-10-29-55)56-30-11-4-12-31-56/h1-46H/i1D,5D,6D,23D,24D. The summed E-state index contributed by atoms with van der Waals surface area (Å²) in [5, 5.41) is 9.46. The highest BCUT2D eigenvalue weighted by atomic mass is 28.3. The number of benzene rings is 11. The molecule has 2 nitrogen and oxygen atoms in total. The molecule has 0 radical (unpaired) electrons. The van der Waals surface area contributed by atoms with Crippen molar-refractivity contribution in [3.63, 3.8) is 0 Å². The number of para-hydroxylation sites is 2. The summed E-state index contributed by atoms with van der Waals surface area (Å²) in [6.45, 7) is 0. The van der Waals surface area contributed by atoms with E-state index in [-0.39, 0.29) is 29.9 Å². The molecule has 0 N–H and O–H groups in total. The fourth-order valence-electron chi connectivity index (χ4n) is 10.3. The SMILES string of the molecule is [2H]c1c([2H])c([2H])c(-n2c3ccccc3c3c(-c4cccc(N(c5ccc(-c6cccc7ccccc67)cc5)c5ccc([Si](c6ccccc6)(c6ccccc6)c6ccccc6)cc5)c4)cccc32)c([2H])c1[2H]. The lowest BCUT2D eigenvalue weighted by atomic mass is 9.97. The fourth-order valence-corrected chi connectivity index (χ4v) is 15.1. The van der Waals surface area contributed by atoms with Crippen molar-refractivity contribution in [3.05, 3.63) is 279 Å². The lowest BCUT2D eigenvalue weighted by Crippen LogP contribution is -2.74. The van der Waals surface area contributed by atoms with Crippen LogP contribution in [0.25, 0.3) is 60.5 Å². The number of nitrogens with zero attached hydrogens (tertiary/aromatic N) is 2.